The maximum Gasteiger partial charge on any atom is 0.104 e. The number of rotatable bonds is 4. The normalized spacial score (nSPS) is 13.0. The minimum atomic E-state index is 0.344. The number of H-pyrrole nitrogens is 1. The maximum atomic E-state index is 4.44. The van der Waals surface area contributed by atoms with Crippen LogP contribution in [0.5, 0.6) is 0 Å². The zero-order chi connectivity index (χ0) is 14.1. The van der Waals surface area contributed by atoms with Gasteiger partial charge >= 0.3 is 0 Å². The van der Waals surface area contributed by atoms with Crippen molar-refractivity contribution in [2.45, 2.75) is 26.8 Å². The van der Waals surface area contributed by atoms with Crippen LogP contribution in [-0.2, 0) is 0 Å². The summed E-state index contributed by atoms with van der Waals surface area (Å²) < 4.78 is 0. The first kappa shape index (κ1) is 13.2. The van der Waals surface area contributed by atoms with Crippen molar-refractivity contribution in [3.63, 3.8) is 0 Å². The summed E-state index contributed by atoms with van der Waals surface area (Å²) in [7, 11) is 0. The van der Waals surface area contributed by atoms with Crippen LogP contribution in [0.25, 0.3) is 11.0 Å². The number of benzene rings is 1. The minimum absolute atomic E-state index is 0.344. The molecule has 1 aromatic carbocycles. The standard InChI is InChI=1S/C16H19N3S/c1-10(2)16(15-5-4-8-20-15)19-12-6-7-13-14(9-12)18-11(3)17-13/h4-10,16,19H,1-3H3,(H,17,18). The number of imidazole rings is 1. The van der Waals surface area contributed by atoms with Crippen LogP contribution in [-0.4, -0.2) is 9.97 Å². The van der Waals surface area contributed by atoms with E-state index in [1.54, 1.807) is 11.3 Å². The predicted molar refractivity (Wildman–Crippen MR) is 86.4 cm³/mol. The molecular weight excluding hydrogens is 266 g/mol. The summed E-state index contributed by atoms with van der Waals surface area (Å²) in [5, 5.41) is 5.78. The Bertz CT molecular complexity index is 698. The van der Waals surface area contributed by atoms with Gasteiger partial charge in [0.1, 0.15) is 5.82 Å². The Labute approximate surface area is 123 Å². The molecule has 1 atom stereocenters. The first-order valence-electron chi connectivity index (χ1n) is 6.90. The van der Waals surface area contributed by atoms with Gasteiger partial charge in [-0.3, -0.25) is 0 Å². The van der Waals surface area contributed by atoms with Crippen LogP contribution >= 0.6 is 11.3 Å². The van der Waals surface area contributed by atoms with Crippen LogP contribution in [0.4, 0.5) is 5.69 Å². The summed E-state index contributed by atoms with van der Waals surface area (Å²) in [6.45, 7) is 6.47. The highest BCUT2D eigenvalue weighted by atomic mass is 32.1. The number of hydrogen-bond acceptors (Lipinski definition) is 3. The van der Waals surface area contributed by atoms with Crippen LogP contribution in [0.15, 0.2) is 35.7 Å². The van der Waals surface area contributed by atoms with E-state index in [-0.39, 0.29) is 0 Å². The molecule has 0 aliphatic heterocycles. The fourth-order valence-electron chi connectivity index (χ4n) is 2.44. The Morgan fingerprint density at radius 1 is 1.25 bits per heavy atom. The van der Waals surface area contributed by atoms with Crippen molar-refractivity contribution < 1.29 is 0 Å². The number of aromatic amines is 1. The molecule has 2 N–H and O–H groups in total. The van der Waals surface area contributed by atoms with E-state index in [0.717, 1.165) is 22.5 Å². The molecule has 0 fully saturated rings. The quantitative estimate of drug-likeness (QED) is 0.726. The Morgan fingerprint density at radius 2 is 2.10 bits per heavy atom. The number of anilines is 1. The third-order valence-corrected chi connectivity index (χ3v) is 4.39. The number of fused-ring (bicyclic) bond motifs is 1. The summed E-state index contributed by atoms with van der Waals surface area (Å²) in [6.07, 6.45) is 0. The van der Waals surface area contributed by atoms with Gasteiger partial charge in [0.25, 0.3) is 0 Å². The van der Waals surface area contributed by atoms with E-state index in [9.17, 15) is 0 Å². The number of aromatic nitrogens is 2. The van der Waals surface area contributed by atoms with Gasteiger partial charge < -0.3 is 10.3 Å². The summed E-state index contributed by atoms with van der Waals surface area (Å²) >= 11 is 1.80. The van der Waals surface area contributed by atoms with E-state index in [1.165, 1.54) is 4.88 Å². The molecule has 0 aliphatic rings. The molecule has 3 nitrogen and oxygen atoms in total. The predicted octanol–water partition coefficient (Wildman–Crippen LogP) is 4.74. The molecule has 0 bridgehead atoms. The highest BCUT2D eigenvalue weighted by Crippen LogP contribution is 2.30. The van der Waals surface area contributed by atoms with E-state index in [1.807, 2.05) is 6.92 Å². The van der Waals surface area contributed by atoms with Crippen molar-refractivity contribution in [2.75, 3.05) is 5.32 Å². The Hall–Kier alpha value is -1.81. The molecular formula is C16H19N3S. The highest BCUT2D eigenvalue weighted by Gasteiger charge is 2.16. The SMILES string of the molecule is Cc1nc2ccc(NC(c3cccs3)C(C)C)cc2[nH]1. The van der Waals surface area contributed by atoms with Gasteiger partial charge in [0.05, 0.1) is 17.1 Å². The summed E-state index contributed by atoms with van der Waals surface area (Å²) in [5.74, 6) is 1.49. The molecule has 20 heavy (non-hydrogen) atoms. The molecule has 3 aromatic rings. The van der Waals surface area contributed by atoms with Gasteiger partial charge in [0, 0.05) is 10.6 Å². The second-order valence-corrected chi connectivity index (χ2v) is 6.41. The fraction of sp³-hybridized carbons (Fsp3) is 0.312. The second kappa shape index (κ2) is 5.29. The average molecular weight is 285 g/mol. The third-order valence-electron chi connectivity index (χ3n) is 3.44. The number of hydrogen-bond donors (Lipinski definition) is 2. The molecule has 0 saturated heterocycles. The maximum absolute atomic E-state index is 4.44. The number of nitrogens with zero attached hydrogens (tertiary/aromatic N) is 1. The van der Waals surface area contributed by atoms with Crippen LogP contribution in [0, 0.1) is 12.8 Å². The van der Waals surface area contributed by atoms with E-state index in [0.29, 0.717) is 12.0 Å². The van der Waals surface area contributed by atoms with Crippen molar-refractivity contribution in [1.82, 2.24) is 9.97 Å². The van der Waals surface area contributed by atoms with E-state index >= 15 is 0 Å². The van der Waals surface area contributed by atoms with Crippen molar-refractivity contribution in [3.05, 3.63) is 46.4 Å². The molecule has 1 unspecified atom stereocenters. The molecule has 0 spiro atoms. The molecule has 2 aromatic heterocycles. The fourth-order valence-corrected chi connectivity index (χ4v) is 3.39. The molecule has 4 heteroatoms. The van der Waals surface area contributed by atoms with Gasteiger partial charge in [-0.25, -0.2) is 4.98 Å². The van der Waals surface area contributed by atoms with Crippen molar-refractivity contribution in [1.29, 1.82) is 0 Å². The van der Waals surface area contributed by atoms with Crippen LogP contribution in [0.1, 0.15) is 30.6 Å². The topological polar surface area (TPSA) is 40.7 Å². The molecule has 0 aliphatic carbocycles. The van der Waals surface area contributed by atoms with Gasteiger partial charge in [0.15, 0.2) is 0 Å². The molecule has 3 rings (SSSR count). The van der Waals surface area contributed by atoms with Gasteiger partial charge in [-0.1, -0.05) is 19.9 Å². The van der Waals surface area contributed by atoms with Gasteiger partial charge in [-0.05, 0) is 42.5 Å². The van der Waals surface area contributed by atoms with Crippen LogP contribution < -0.4 is 5.32 Å². The lowest BCUT2D eigenvalue weighted by molar-refractivity contribution is 0.554. The Balaban J connectivity index is 1.90. The molecule has 0 saturated carbocycles. The first-order chi connectivity index (χ1) is 9.63. The monoisotopic (exact) mass is 285 g/mol. The van der Waals surface area contributed by atoms with Gasteiger partial charge in [-0.15, -0.1) is 11.3 Å². The largest absolute Gasteiger partial charge is 0.377 e. The smallest absolute Gasteiger partial charge is 0.104 e. The van der Waals surface area contributed by atoms with E-state index < -0.39 is 0 Å². The number of aryl methyl sites for hydroxylation is 1. The zero-order valence-corrected chi connectivity index (χ0v) is 12.8. The molecule has 0 radical (unpaired) electrons. The highest BCUT2D eigenvalue weighted by molar-refractivity contribution is 7.10. The lowest BCUT2D eigenvalue weighted by Crippen LogP contribution is -2.15. The summed E-state index contributed by atoms with van der Waals surface area (Å²) in [6, 6.07) is 11.0. The summed E-state index contributed by atoms with van der Waals surface area (Å²) in [5.41, 5.74) is 3.24. The zero-order valence-electron chi connectivity index (χ0n) is 12.0. The van der Waals surface area contributed by atoms with E-state index in [2.05, 4.69) is 64.8 Å². The average Bonchev–Trinajstić information content (AvgIpc) is 3.02. The lowest BCUT2D eigenvalue weighted by atomic mass is 10.0. The Morgan fingerprint density at radius 3 is 2.80 bits per heavy atom. The number of nitrogens with one attached hydrogen (secondary N) is 2. The number of thiophene rings is 1. The molecule has 0 amide bonds. The van der Waals surface area contributed by atoms with Crippen LogP contribution in [0.2, 0.25) is 0 Å². The van der Waals surface area contributed by atoms with Gasteiger partial charge in [0.2, 0.25) is 0 Å². The first-order valence-corrected chi connectivity index (χ1v) is 7.78. The van der Waals surface area contributed by atoms with Gasteiger partial charge in [-0.2, -0.15) is 0 Å². The van der Waals surface area contributed by atoms with Crippen molar-refractivity contribution in [3.8, 4) is 0 Å². The van der Waals surface area contributed by atoms with Crippen molar-refractivity contribution in [2.24, 2.45) is 5.92 Å². The molecule has 2 heterocycles. The minimum Gasteiger partial charge on any atom is -0.377 e. The second-order valence-electron chi connectivity index (χ2n) is 5.44. The lowest BCUT2D eigenvalue weighted by Gasteiger charge is -2.22. The third kappa shape index (κ3) is 2.56. The summed E-state index contributed by atoms with van der Waals surface area (Å²) in [4.78, 5) is 9.10. The molecule has 104 valence electrons. The Kier molecular flexibility index (Phi) is 3.49. The van der Waals surface area contributed by atoms with Crippen molar-refractivity contribution >= 4 is 28.1 Å². The van der Waals surface area contributed by atoms with E-state index in [4.69, 9.17) is 0 Å². The van der Waals surface area contributed by atoms with Crippen LogP contribution in [0.3, 0.4) is 0 Å².